The van der Waals surface area contributed by atoms with Gasteiger partial charge in [-0.05, 0) is 156 Å². The Bertz CT molecular complexity index is 2140. The van der Waals surface area contributed by atoms with Crippen molar-refractivity contribution in [2.45, 2.75) is 67.9 Å². The van der Waals surface area contributed by atoms with Gasteiger partial charge in [0, 0.05) is 6.08 Å². The highest BCUT2D eigenvalue weighted by atomic mass is 79.9. The molecule has 0 heterocycles. The summed E-state index contributed by atoms with van der Waals surface area (Å²) in [7, 11) is 1.18. The molecule has 0 aliphatic heterocycles. The van der Waals surface area contributed by atoms with Gasteiger partial charge in [-0.3, -0.25) is 4.79 Å². The number of ketones is 1. The smallest absolute Gasteiger partial charge is 0.356 e. The molecule has 0 radical (unpaired) electrons. The molecular weight excluding hydrogens is 808 g/mol. The molecule has 3 aromatic rings. The Hall–Kier alpha value is -4.79. The number of hydrogen-bond acceptors (Lipinski definition) is 11. The predicted molar refractivity (Wildman–Crippen MR) is 196 cm³/mol. The number of phenols is 1. The summed E-state index contributed by atoms with van der Waals surface area (Å²) < 4.78 is 22.3. The molecule has 0 saturated heterocycles. The number of ether oxygens (including phenoxy) is 4. The topological polar surface area (TPSA) is 183 Å². The second-order valence-corrected chi connectivity index (χ2v) is 14.0. The molecule has 0 bridgehead atoms. The van der Waals surface area contributed by atoms with Crippen molar-refractivity contribution < 1.29 is 58.2 Å². The first kappa shape index (κ1) is 40.0. The van der Waals surface area contributed by atoms with Crippen LogP contribution in [-0.2, 0) is 14.3 Å². The summed E-state index contributed by atoms with van der Waals surface area (Å²) in [4.78, 5) is 64.4. The van der Waals surface area contributed by atoms with Gasteiger partial charge in [-0.2, -0.15) is 0 Å². The molecule has 0 saturated carbocycles. The van der Waals surface area contributed by atoms with Crippen LogP contribution in [-0.4, -0.2) is 57.7 Å². The zero-order chi connectivity index (χ0) is 39.3. The van der Waals surface area contributed by atoms with E-state index in [1.165, 1.54) is 33.9 Å². The lowest BCUT2D eigenvalue weighted by Gasteiger charge is -2.30. The number of hydrogen-bond donors (Lipinski definition) is 3. The molecule has 1 atom stereocenters. The Kier molecular flexibility index (Phi) is 11.3. The van der Waals surface area contributed by atoms with E-state index in [0.717, 1.165) is 12.2 Å². The number of aromatic hydroxyl groups is 1. The first-order chi connectivity index (χ1) is 24.1. The number of allylic oxidation sites excluding steroid dienone is 2. The van der Waals surface area contributed by atoms with E-state index in [1.807, 2.05) is 0 Å². The molecule has 14 heteroatoms. The van der Waals surface area contributed by atoms with Crippen molar-refractivity contribution in [1.29, 1.82) is 0 Å². The minimum atomic E-state index is -2.43. The Labute approximate surface area is 316 Å². The van der Waals surface area contributed by atoms with Crippen molar-refractivity contribution in [2.75, 3.05) is 7.11 Å². The van der Waals surface area contributed by atoms with Gasteiger partial charge in [0.25, 0.3) is 0 Å². The number of esters is 3. The number of aliphatic hydroxyl groups is 1. The van der Waals surface area contributed by atoms with Crippen LogP contribution in [0.2, 0.25) is 0 Å². The molecule has 3 aromatic carbocycles. The third kappa shape index (κ3) is 6.66. The van der Waals surface area contributed by atoms with Crippen molar-refractivity contribution >= 4 is 61.5 Å². The molecule has 274 valence electrons. The summed E-state index contributed by atoms with van der Waals surface area (Å²) in [5.41, 5.74) is 0.784. The quantitative estimate of drug-likeness (QED) is 0.153. The summed E-state index contributed by atoms with van der Waals surface area (Å²) in [5.74, 6) is -5.36. The highest BCUT2D eigenvalue weighted by molar-refractivity contribution is 9.11. The summed E-state index contributed by atoms with van der Waals surface area (Å²) in [5, 5.41) is 32.1. The van der Waals surface area contributed by atoms with Crippen molar-refractivity contribution in [2.24, 2.45) is 0 Å². The third-order valence-corrected chi connectivity index (χ3v) is 11.2. The molecule has 0 aromatic heterocycles. The zero-order valence-corrected chi connectivity index (χ0v) is 33.2. The van der Waals surface area contributed by atoms with E-state index < -0.39 is 41.0 Å². The number of carbonyl (C=O) groups excluding carboxylic acids is 4. The number of phenolic OH excluding ortho intramolecular Hbond substituents is 1. The molecular formula is C38H36Br2O12. The minimum absolute atomic E-state index is 0.0275. The highest BCUT2D eigenvalue weighted by Crippen LogP contribution is 2.44. The first-order valence-corrected chi connectivity index (χ1v) is 17.2. The molecule has 12 nitrogen and oxygen atoms in total. The molecule has 0 spiro atoms. The maximum Gasteiger partial charge on any atom is 0.356 e. The zero-order valence-electron chi connectivity index (χ0n) is 30.0. The monoisotopic (exact) mass is 842 g/mol. The van der Waals surface area contributed by atoms with Crippen LogP contribution in [0.5, 0.6) is 23.0 Å². The van der Waals surface area contributed by atoms with E-state index in [0.29, 0.717) is 33.4 Å². The van der Waals surface area contributed by atoms with Gasteiger partial charge in [0.05, 0.1) is 22.7 Å². The maximum absolute atomic E-state index is 13.6. The largest absolute Gasteiger partial charge is 0.506 e. The molecule has 1 aliphatic rings. The van der Waals surface area contributed by atoms with Crippen LogP contribution in [0.1, 0.15) is 82.5 Å². The maximum atomic E-state index is 13.6. The summed E-state index contributed by atoms with van der Waals surface area (Å²) in [6, 6.07) is 1.45. The predicted octanol–water partition coefficient (Wildman–Crippen LogP) is 7.22. The van der Waals surface area contributed by atoms with Crippen LogP contribution in [0.4, 0.5) is 0 Å². The number of methoxy groups -OCH3 is 1. The van der Waals surface area contributed by atoms with E-state index in [2.05, 4.69) is 31.9 Å². The van der Waals surface area contributed by atoms with Gasteiger partial charge in [-0.1, -0.05) is 0 Å². The van der Waals surface area contributed by atoms with Crippen LogP contribution in [0.25, 0.3) is 0 Å². The number of carboxylic acids is 1. The van der Waals surface area contributed by atoms with Gasteiger partial charge in [0.15, 0.2) is 11.5 Å². The van der Waals surface area contributed by atoms with Crippen molar-refractivity contribution in [3.05, 3.63) is 99.7 Å². The SMILES string of the molecule is COC1=CC(=O)C=C(C)[C@]1(O)C(=O)Oc1c(C)c(C)c(C(=O)Oc2cc(C)c(C(=O)Oc3c(C)c(C)c(C(=O)O)c(C)c3C)c(C)c2Br)c(O)c1Br. The Morgan fingerprint density at radius 2 is 1.19 bits per heavy atom. The Balaban J connectivity index is 1.66. The van der Waals surface area contributed by atoms with Gasteiger partial charge in [0.2, 0.25) is 5.60 Å². The molecule has 1 aliphatic carbocycles. The fraction of sp³-hybridized carbons (Fsp3) is 0.289. The molecule has 0 unspecified atom stereocenters. The normalized spacial score (nSPS) is 15.4. The van der Waals surface area contributed by atoms with E-state index in [1.54, 1.807) is 41.5 Å². The summed E-state index contributed by atoms with van der Waals surface area (Å²) >= 11 is 6.62. The number of benzene rings is 3. The number of aromatic carboxylic acids is 1. The average Bonchev–Trinajstić information content (AvgIpc) is 3.07. The van der Waals surface area contributed by atoms with Crippen LogP contribution in [0.15, 0.2) is 38.5 Å². The molecule has 3 N–H and O–H groups in total. The Morgan fingerprint density at radius 1 is 0.673 bits per heavy atom. The Morgan fingerprint density at radius 3 is 1.73 bits per heavy atom. The molecule has 4 rings (SSSR count). The minimum Gasteiger partial charge on any atom is -0.506 e. The van der Waals surface area contributed by atoms with E-state index in [9.17, 15) is 39.3 Å². The van der Waals surface area contributed by atoms with Crippen LogP contribution in [0, 0.1) is 55.4 Å². The summed E-state index contributed by atoms with van der Waals surface area (Å²) in [6.07, 6.45) is 2.02. The van der Waals surface area contributed by atoms with Crippen molar-refractivity contribution in [3.63, 3.8) is 0 Å². The third-order valence-electron chi connectivity index (χ3n) is 9.43. The van der Waals surface area contributed by atoms with Crippen LogP contribution in [0.3, 0.4) is 0 Å². The number of rotatable bonds is 8. The van der Waals surface area contributed by atoms with Gasteiger partial charge in [-0.25, -0.2) is 19.2 Å². The average molecular weight is 845 g/mol. The lowest BCUT2D eigenvalue weighted by atomic mass is 9.87. The number of aryl methyl sites for hydroxylation is 1. The fourth-order valence-electron chi connectivity index (χ4n) is 6.07. The van der Waals surface area contributed by atoms with Gasteiger partial charge >= 0.3 is 23.9 Å². The van der Waals surface area contributed by atoms with E-state index in [4.69, 9.17) is 18.9 Å². The van der Waals surface area contributed by atoms with Crippen molar-refractivity contribution in [1.82, 2.24) is 0 Å². The molecule has 52 heavy (non-hydrogen) atoms. The fourth-order valence-corrected chi connectivity index (χ4v) is 7.04. The molecule has 0 fully saturated rings. The van der Waals surface area contributed by atoms with Crippen LogP contribution < -0.4 is 14.2 Å². The second-order valence-electron chi connectivity index (χ2n) is 12.5. The highest BCUT2D eigenvalue weighted by Gasteiger charge is 2.48. The van der Waals surface area contributed by atoms with Gasteiger partial charge in [0.1, 0.15) is 33.0 Å². The number of halogens is 2. The van der Waals surface area contributed by atoms with Gasteiger partial charge in [-0.15, -0.1) is 0 Å². The van der Waals surface area contributed by atoms with E-state index >= 15 is 0 Å². The lowest BCUT2D eigenvalue weighted by molar-refractivity contribution is -0.151. The first-order valence-electron chi connectivity index (χ1n) is 15.6. The standard InChI is InChI=1S/C38H36Br2O12/c1-14-11-24(29(39)22(9)26(14)35(45)51-32-19(6)16(3)27(34(43)44)17(4)20(32)7)50-36(46)28-18(5)21(8)33(30(40)31(28)42)52-37(47)38(48)15(2)12-23(41)13-25(38)49-10/h11-13,42,48H,1-10H3,(H,43,44)/t38-/m1/s1. The molecule has 0 amide bonds. The number of carboxylic acid groups (broad SMARTS) is 1. The summed E-state index contributed by atoms with van der Waals surface area (Å²) in [6.45, 7) is 14.3. The van der Waals surface area contributed by atoms with Crippen LogP contribution >= 0.6 is 31.9 Å². The second kappa shape index (κ2) is 14.7. The van der Waals surface area contributed by atoms with Gasteiger partial charge < -0.3 is 34.3 Å². The van der Waals surface area contributed by atoms with Crippen molar-refractivity contribution in [3.8, 4) is 23.0 Å². The lowest BCUT2D eigenvalue weighted by Crippen LogP contribution is -2.47. The van der Waals surface area contributed by atoms with E-state index in [-0.39, 0.29) is 65.3 Å². The number of carbonyl (C=O) groups is 5.